The van der Waals surface area contributed by atoms with Gasteiger partial charge in [-0.25, -0.2) is 4.98 Å². The minimum atomic E-state index is -0.0201. The van der Waals surface area contributed by atoms with Gasteiger partial charge in [0.2, 0.25) is 0 Å². The predicted molar refractivity (Wildman–Crippen MR) is 61.6 cm³/mol. The van der Waals surface area contributed by atoms with Crippen molar-refractivity contribution in [2.45, 2.75) is 6.92 Å². The summed E-state index contributed by atoms with van der Waals surface area (Å²) in [6.45, 7) is 1.78. The van der Waals surface area contributed by atoms with Crippen LogP contribution in [0, 0.1) is 6.92 Å². The highest BCUT2D eigenvalue weighted by Crippen LogP contribution is 2.23. The molecule has 1 aliphatic carbocycles. The van der Waals surface area contributed by atoms with Crippen LogP contribution >= 0.6 is 0 Å². The lowest BCUT2D eigenvalue weighted by molar-refractivity contribution is 0.612. The fourth-order valence-electron chi connectivity index (χ4n) is 1.71. The van der Waals surface area contributed by atoms with E-state index in [1.54, 1.807) is 13.0 Å². The molecule has 3 nitrogen and oxygen atoms in total. The molecule has 0 atom stereocenters. The van der Waals surface area contributed by atoms with Crippen LogP contribution in [0.2, 0.25) is 0 Å². The zero-order valence-electron chi connectivity index (χ0n) is 8.73. The number of aryl methyl sites for hydroxylation is 1. The average molecular weight is 211 g/mol. The summed E-state index contributed by atoms with van der Waals surface area (Å²) >= 11 is 0. The van der Waals surface area contributed by atoms with E-state index >= 15 is 0 Å². The summed E-state index contributed by atoms with van der Waals surface area (Å²) in [5.74, 6) is 0.536. The van der Waals surface area contributed by atoms with Crippen molar-refractivity contribution in [3.8, 4) is 11.5 Å². The smallest absolute Gasteiger partial charge is 0.185 e. The maximum absolute atomic E-state index is 11.5. The van der Waals surface area contributed by atoms with Gasteiger partial charge in [0.15, 0.2) is 16.8 Å². The Bertz CT molecular complexity index is 700. The molecule has 3 heteroatoms. The highest BCUT2D eigenvalue weighted by Gasteiger charge is 2.10. The van der Waals surface area contributed by atoms with Gasteiger partial charge in [-0.3, -0.25) is 4.79 Å². The largest absolute Gasteiger partial charge is 0.453 e. The van der Waals surface area contributed by atoms with Gasteiger partial charge in [-0.15, -0.1) is 0 Å². The molecule has 0 spiro atoms. The van der Waals surface area contributed by atoms with Crippen LogP contribution in [0.5, 0.6) is 0 Å². The van der Waals surface area contributed by atoms with Gasteiger partial charge in [-0.05, 0) is 30.7 Å². The fourth-order valence-corrected chi connectivity index (χ4v) is 1.71. The Morgan fingerprint density at radius 1 is 1.19 bits per heavy atom. The molecule has 2 aliphatic rings. The molecular weight excluding hydrogens is 202 g/mol. The molecule has 0 saturated carbocycles. The SMILES string of the molecule is Cc1cc2nc3ccccc3oc-2cc1=O. The van der Waals surface area contributed by atoms with Crippen molar-refractivity contribution in [1.29, 1.82) is 0 Å². The highest BCUT2D eigenvalue weighted by molar-refractivity contribution is 5.76. The lowest BCUT2D eigenvalue weighted by Gasteiger charge is -2.05. The van der Waals surface area contributed by atoms with Gasteiger partial charge in [0.25, 0.3) is 0 Å². The first-order chi connectivity index (χ1) is 7.74. The molecule has 16 heavy (non-hydrogen) atoms. The number of hydrogen-bond acceptors (Lipinski definition) is 3. The topological polar surface area (TPSA) is 43.1 Å². The lowest BCUT2D eigenvalue weighted by Crippen LogP contribution is -2.05. The highest BCUT2D eigenvalue weighted by atomic mass is 16.3. The first-order valence-electron chi connectivity index (χ1n) is 5.04. The standard InChI is InChI=1S/C13H9NO2/c1-8-6-10-13(7-11(8)15)16-12-5-3-2-4-9(12)14-10/h2-7H,1H3. The zero-order chi connectivity index (χ0) is 11.1. The van der Waals surface area contributed by atoms with Gasteiger partial charge in [0.1, 0.15) is 11.2 Å². The summed E-state index contributed by atoms with van der Waals surface area (Å²) in [5.41, 5.74) is 2.88. The maximum atomic E-state index is 11.5. The predicted octanol–water partition coefficient (Wildman–Crippen LogP) is 2.60. The normalized spacial score (nSPS) is 11.1. The first kappa shape index (κ1) is 9.09. The van der Waals surface area contributed by atoms with Crippen LogP contribution in [0.4, 0.5) is 0 Å². The van der Waals surface area contributed by atoms with Crippen molar-refractivity contribution in [2.24, 2.45) is 0 Å². The quantitative estimate of drug-likeness (QED) is 0.537. The molecule has 1 heterocycles. The first-order valence-corrected chi connectivity index (χ1v) is 5.04. The molecule has 1 aromatic rings. The Labute approximate surface area is 91.7 Å². The molecule has 0 saturated heterocycles. The number of benzene rings is 2. The molecule has 78 valence electrons. The van der Waals surface area contributed by atoms with Crippen LogP contribution in [0.15, 0.2) is 45.6 Å². The molecule has 0 N–H and O–H groups in total. The average Bonchev–Trinajstić information content (AvgIpc) is 2.28. The Morgan fingerprint density at radius 3 is 2.88 bits per heavy atom. The third kappa shape index (κ3) is 1.29. The molecule has 0 radical (unpaired) electrons. The third-order valence-corrected chi connectivity index (χ3v) is 2.58. The van der Waals surface area contributed by atoms with Gasteiger partial charge in [-0.1, -0.05) is 12.1 Å². The van der Waals surface area contributed by atoms with E-state index in [0.717, 1.165) is 11.2 Å². The van der Waals surface area contributed by atoms with Gasteiger partial charge < -0.3 is 4.42 Å². The Hall–Kier alpha value is -2.16. The van der Waals surface area contributed by atoms with E-state index < -0.39 is 0 Å². The zero-order valence-corrected chi connectivity index (χ0v) is 8.73. The van der Waals surface area contributed by atoms with E-state index in [4.69, 9.17) is 4.42 Å². The van der Waals surface area contributed by atoms with Crippen molar-refractivity contribution in [1.82, 2.24) is 4.98 Å². The van der Waals surface area contributed by atoms with Crippen molar-refractivity contribution < 1.29 is 4.42 Å². The van der Waals surface area contributed by atoms with E-state index in [1.807, 2.05) is 24.3 Å². The number of para-hydroxylation sites is 2. The van der Waals surface area contributed by atoms with Gasteiger partial charge in [0.05, 0.1) is 0 Å². The molecule has 0 amide bonds. The Balaban J connectivity index is 2.48. The van der Waals surface area contributed by atoms with Crippen molar-refractivity contribution in [3.63, 3.8) is 0 Å². The third-order valence-electron chi connectivity index (χ3n) is 2.58. The number of rotatable bonds is 0. The van der Waals surface area contributed by atoms with E-state index in [9.17, 15) is 4.79 Å². The van der Waals surface area contributed by atoms with E-state index in [2.05, 4.69) is 4.98 Å². The molecule has 0 bridgehead atoms. The van der Waals surface area contributed by atoms with Gasteiger partial charge in [0, 0.05) is 6.07 Å². The van der Waals surface area contributed by atoms with Crippen LogP contribution in [0.3, 0.4) is 0 Å². The van der Waals surface area contributed by atoms with Gasteiger partial charge >= 0.3 is 0 Å². The number of aromatic nitrogens is 1. The minimum Gasteiger partial charge on any atom is -0.453 e. The van der Waals surface area contributed by atoms with Crippen molar-refractivity contribution >= 4 is 11.1 Å². The number of hydrogen-bond donors (Lipinski definition) is 0. The van der Waals surface area contributed by atoms with Crippen LogP contribution in [-0.4, -0.2) is 4.98 Å². The van der Waals surface area contributed by atoms with E-state index in [1.165, 1.54) is 6.07 Å². The summed E-state index contributed by atoms with van der Waals surface area (Å²) in [5, 5.41) is 0. The second-order valence-corrected chi connectivity index (χ2v) is 3.77. The summed E-state index contributed by atoms with van der Waals surface area (Å²) in [6.07, 6.45) is 0. The summed E-state index contributed by atoms with van der Waals surface area (Å²) < 4.78 is 5.62. The second-order valence-electron chi connectivity index (χ2n) is 3.77. The lowest BCUT2D eigenvalue weighted by atomic mass is 10.1. The summed E-state index contributed by atoms with van der Waals surface area (Å²) in [7, 11) is 0. The maximum Gasteiger partial charge on any atom is 0.185 e. The van der Waals surface area contributed by atoms with Gasteiger partial charge in [-0.2, -0.15) is 0 Å². The molecule has 1 aliphatic heterocycles. The molecule has 1 aromatic carbocycles. The Kier molecular flexibility index (Phi) is 1.80. The Morgan fingerprint density at radius 2 is 2.00 bits per heavy atom. The molecule has 0 fully saturated rings. The van der Waals surface area contributed by atoms with Crippen molar-refractivity contribution in [3.05, 3.63) is 52.2 Å². The molecule has 0 unspecified atom stereocenters. The van der Waals surface area contributed by atoms with E-state index in [-0.39, 0.29) is 5.43 Å². The van der Waals surface area contributed by atoms with Crippen molar-refractivity contribution in [2.75, 3.05) is 0 Å². The molecule has 0 aromatic heterocycles. The monoisotopic (exact) mass is 211 g/mol. The van der Waals surface area contributed by atoms with E-state index in [0.29, 0.717) is 16.9 Å². The fraction of sp³-hybridized carbons (Fsp3) is 0.0769. The summed E-state index contributed by atoms with van der Waals surface area (Å²) in [4.78, 5) is 15.9. The van der Waals surface area contributed by atoms with Crippen LogP contribution in [0.1, 0.15) is 5.56 Å². The van der Waals surface area contributed by atoms with Crippen LogP contribution < -0.4 is 5.43 Å². The number of fused-ring (bicyclic) bond motifs is 2. The number of nitrogens with zero attached hydrogens (tertiary/aromatic N) is 1. The van der Waals surface area contributed by atoms with Crippen LogP contribution in [-0.2, 0) is 0 Å². The minimum absolute atomic E-state index is 0.0201. The van der Waals surface area contributed by atoms with Crippen LogP contribution in [0.25, 0.3) is 22.6 Å². The summed E-state index contributed by atoms with van der Waals surface area (Å²) in [6, 6.07) is 10.8. The second kappa shape index (κ2) is 3.17. The molecular formula is C13H9NO2. The molecule has 3 rings (SSSR count).